The van der Waals surface area contributed by atoms with E-state index in [4.69, 9.17) is 10.2 Å². The second kappa shape index (κ2) is 6.49. The van der Waals surface area contributed by atoms with E-state index in [1.165, 1.54) is 18.2 Å². The molecule has 1 aliphatic rings. The predicted molar refractivity (Wildman–Crippen MR) is 79.9 cm³/mol. The van der Waals surface area contributed by atoms with E-state index in [2.05, 4.69) is 0 Å². The number of fused-ring (bicyclic) bond motifs is 1. The predicted octanol–water partition coefficient (Wildman–Crippen LogP) is 2.56. The molecule has 0 amide bonds. The lowest BCUT2D eigenvalue weighted by atomic mass is 9.96. The zero-order valence-electron chi connectivity index (χ0n) is 11.4. The summed E-state index contributed by atoms with van der Waals surface area (Å²) in [6.07, 6.45) is 2.98. The average Bonchev–Trinajstić information content (AvgIpc) is 2.52. The summed E-state index contributed by atoms with van der Waals surface area (Å²) in [5.41, 5.74) is 1.26. The molecule has 1 aliphatic carbocycles. The molecular weight excluding hydrogens is 284 g/mol. The topological polar surface area (TPSA) is 91.7 Å². The van der Waals surface area contributed by atoms with E-state index in [9.17, 15) is 14.4 Å². The molecule has 0 unspecified atom stereocenters. The van der Waals surface area contributed by atoms with Crippen LogP contribution in [0.1, 0.15) is 26.3 Å². The highest BCUT2D eigenvalue weighted by atomic mass is 16.4. The van der Waals surface area contributed by atoms with E-state index in [1.807, 2.05) is 12.1 Å². The number of ketones is 2. The van der Waals surface area contributed by atoms with Crippen molar-refractivity contribution < 1.29 is 24.6 Å². The standard InChI is InChI=1S/C10H6O2.C7H6O3/c11-9-6-5-7-3-1-2-4-8(7)10(9)12;8-6-4-2-1-3-5(6)7(9)10/h1-6H;1-4,8H,(H,9,10). The molecule has 0 spiro atoms. The van der Waals surface area contributed by atoms with Crippen molar-refractivity contribution >= 4 is 23.6 Å². The molecule has 3 rings (SSSR count). The van der Waals surface area contributed by atoms with Crippen LogP contribution in [0.5, 0.6) is 5.75 Å². The highest BCUT2D eigenvalue weighted by Gasteiger charge is 2.19. The van der Waals surface area contributed by atoms with Gasteiger partial charge in [-0.3, -0.25) is 9.59 Å². The van der Waals surface area contributed by atoms with E-state index in [1.54, 1.807) is 30.3 Å². The minimum atomic E-state index is -1.11. The minimum Gasteiger partial charge on any atom is -0.507 e. The quantitative estimate of drug-likeness (QED) is 0.789. The molecule has 0 aromatic heterocycles. The number of carbonyl (C=O) groups is 3. The fourth-order valence-electron chi connectivity index (χ4n) is 1.88. The molecule has 0 aliphatic heterocycles. The van der Waals surface area contributed by atoms with Crippen LogP contribution in [0.4, 0.5) is 0 Å². The van der Waals surface area contributed by atoms with Gasteiger partial charge in [0.25, 0.3) is 0 Å². The first kappa shape index (κ1) is 15.2. The number of para-hydroxylation sites is 1. The second-order valence-corrected chi connectivity index (χ2v) is 4.44. The normalized spacial score (nSPS) is 12.2. The molecule has 0 radical (unpaired) electrons. The highest BCUT2D eigenvalue weighted by molar-refractivity contribution is 6.49. The first-order valence-corrected chi connectivity index (χ1v) is 6.37. The second-order valence-electron chi connectivity index (χ2n) is 4.44. The number of benzene rings is 2. The number of carbonyl (C=O) groups excluding carboxylic acids is 2. The van der Waals surface area contributed by atoms with Gasteiger partial charge in [-0.05, 0) is 23.8 Å². The lowest BCUT2D eigenvalue weighted by molar-refractivity contribution is -0.110. The Morgan fingerprint density at radius 2 is 1.50 bits per heavy atom. The Balaban J connectivity index is 0.000000164. The summed E-state index contributed by atoms with van der Waals surface area (Å²) >= 11 is 0. The average molecular weight is 296 g/mol. The van der Waals surface area contributed by atoms with Crippen LogP contribution < -0.4 is 0 Å². The number of carboxylic acid groups (broad SMARTS) is 1. The molecular formula is C17H12O5. The summed E-state index contributed by atoms with van der Waals surface area (Å²) in [6, 6.07) is 12.9. The van der Waals surface area contributed by atoms with Crippen LogP contribution in [0.2, 0.25) is 0 Å². The maximum atomic E-state index is 11.2. The Morgan fingerprint density at radius 1 is 0.864 bits per heavy atom. The van der Waals surface area contributed by atoms with E-state index >= 15 is 0 Å². The Morgan fingerprint density at radius 3 is 2.14 bits per heavy atom. The van der Waals surface area contributed by atoms with Crippen molar-refractivity contribution in [1.82, 2.24) is 0 Å². The summed E-state index contributed by atoms with van der Waals surface area (Å²) in [6.45, 7) is 0. The zero-order chi connectivity index (χ0) is 16.1. The number of hydrogen-bond donors (Lipinski definition) is 2. The molecule has 22 heavy (non-hydrogen) atoms. The Kier molecular flexibility index (Phi) is 4.48. The summed E-state index contributed by atoms with van der Waals surface area (Å²) in [7, 11) is 0. The van der Waals surface area contributed by atoms with Gasteiger partial charge < -0.3 is 10.2 Å². The van der Waals surface area contributed by atoms with E-state index in [0.717, 1.165) is 5.56 Å². The zero-order valence-corrected chi connectivity index (χ0v) is 11.4. The summed E-state index contributed by atoms with van der Waals surface area (Å²) in [5.74, 6) is -2.16. The summed E-state index contributed by atoms with van der Waals surface area (Å²) in [4.78, 5) is 32.4. The highest BCUT2D eigenvalue weighted by Crippen LogP contribution is 2.16. The summed E-state index contributed by atoms with van der Waals surface area (Å²) < 4.78 is 0. The number of Topliss-reactive ketones (excluding diaryl/α,β-unsaturated/α-hetero) is 1. The lowest BCUT2D eigenvalue weighted by Crippen LogP contribution is -2.15. The van der Waals surface area contributed by atoms with Gasteiger partial charge in [-0.2, -0.15) is 0 Å². The van der Waals surface area contributed by atoms with E-state index in [0.29, 0.717) is 5.56 Å². The molecule has 5 heteroatoms. The fourth-order valence-corrected chi connectivity index (χ4v) is 1.88. The molecule has 0 saturated heterocycles. The number of allylic oxidation sites excluding steroid dienone is 1. The largest absolute Gasteiger partial charge is 0.507 e. The Labute approximate surface area is 126 Å². The number of carboxylic acids is 1. The van der Waals surface area contributed by atoms with Crippen LogP contribution in [0.25, 0.3) is 6.08 Å². The summed E-state index contributed by atoms with van der Waals surface area (Å²) in [5, 5.41) is 17.3. The minimum absolute atomic E-state index is 0.0671. The van der Waals surface area contributed by atoms with Gasteiger partial charge in [0.15, 0.2) is 0 Å². The molecule has 5 nitrogen and oxygen atoms in total. The first-order chi connectivity index (χ1) is 10.5. The lowest BCUT2D eigenvalue weighted by Gasteiger charge is -2.06. The molecule has 0 fully saturated rings. The third-order valence-corrected chi connectivity index (χ3v) is 2.98. The van der Waals surface area contributed by atoms with Crippen molar-refractivity contribution in [1.29, 1.82) is 0 Å². The van der Waals surface area contributed by atoms with Crippen LogP contribution in [0.3, 0.4) is 0 Å². The van der Waals surface area contributed by atoms with Crippen molar-refractivity contribution in [3.63, 3.8) is 0 Å². The van der Waals surface area contributed by atoms with Gasteiger partial charge in [0, 0.05) is 5.56 Å². The van der Waals surface area contributed by atoms with Gasteiger partial charge in [-0.15, -0.1) is 0 Å². The van der Waals surface area contributed by atoms with Crippen LogP contribution in [0, 0.1) is 0 Å². The van der Waals surface area contributed by atoms with Gasteiger partial charge in [0.2, 0.25) is 11.6 Å². The smallest absolute Gasteiger partial charge is 0.339 e. The van der Waals surface area contributed by atoms with E-state index < -0.39 is 17.5 Å². The third-order valence-electron chi connectivity index (χ3n) is 2.98. The SMILES string of the molecule is O=C(O)c1ccccc1O.O=C1C=Cc2ccccc2C1=O. The third kappa shape index (κ3) is 3.27. The van der Waals surface area contributed by atoms with Crippen LogP contribution >= 0.6 is 0 Å². The van der Waals surface area contributed by atoms with Crippen LogP contribution in [0.15, 0.2) is 54.6 Å². The maximum Gasteiger partial charge on any atom is 0.339 e. The molecule has 0 bridgehead atoms. The van der Waals surface area contributed by atoms with Crippen molar-refractivity contribution in [2.45, 2.75) is 0 Å². The number of aromatic carboxylic acids is 1. The van der Waals surface area contributed by atoms with Crippen molar-refractivity contribution in [3.8, 4) is 5.75 Å². The van der Waals surface area contributed by atoms with Gasteiger partial charge in [-0.1, -0.05) is 42.5 Å². The number of aromatic hydroxyl groups is 1. The van der Waals surface area contributed by atoms with Crippen LogP contribution in [-0.4, -0.2) is 27.7 Å². The number of hydrogen-bond acceptors (Lipinski definition) is 4. The molecule has 0 saturated carbocycles. The molecule has 0 heterocycles. The molecule has 2 aromatic rings. The first-order valence-electron chi connectivity index (χ1n) is 6.37. The van der Waals surface area contributed by atoms with Gasteiger partial charge in [0.05, 0.1) is 0 Å². The van der Waals surface area contributed by atoms with Crippen molar-refractivity contribution in [2.24, 2.45) is 0 Å². The Bertz CT molecular complexity index is 774. The molecule has 2 N–H and O–H groups in total. The number of rotatable bonds is 1. The Hall–Kier alpha value is -3.21. The van der Waals surface area contributed by atoms with Crippen LogP contribution in [-0.2, 0) is 4.79 Å². The van der Waals surface area contributed by atoms with Gasteiger partial charge >= 0.3 is 5.97 Å². The molecule has 2 aromatic carbocycles. The van der Waals surface area contributed by atoms with Gasteiger partial charge in [-0.25, -0.2) is 4.79 Å². The fraction of sp³-hybridized carbons (Fsp3) is 0. The monoisotopic (exact) mass is 296 g/mol. The van der Waals surface area contributed by atoms with Gasteiger partial charge in [0.1, 0.15) is 11.3 Å². The van der Waals surface area contributed by atoms with Crippen molar-refractivity contribution in [3.05, 3.63) is 71.3 Å². The number of phenols is 1. The molecule has 0 atom stereocenters. The van der Waals surface area contributed by atoms with E-state index in [-0.39, 0.29) is 11.3 Å². The van der Waals surface area contributed by atoms with Crippen molar-refractivity contribution in [2.75, 3.05) is 0 Å². The maximum absolute atomic E-state index is 11.2. The molecule has 110 valence electrons.